The van der Waals surface area contributed by atoms with Crippen molar-refractivity contribution in [2.24, 2.45) is 7.05 Å². The highest BCUT2D eigenvalue weighted by atomic mass is 79.9. The summed E-state index contributed by atoms with van der Waals surface area (Å²) in [4.78, 5) is 25.6. The van der Waals surface area contributed by atoms with Crippen molar-refractivity contribution >= 4 is 33.6 Å². The molecule has 33 heavy (non-hydrogen) atoms. The van der Waals surface area contributed by atoms with Crippen LogP contribution in [0.1, 0.15) is 27.9 Å². The Bertz CT molecular complexity index is 1290. The number of carbonyl (C=O) groups excluding carboxylic acids is 1. The van der Waals surface area contributed by atoms with Crippen molar-refractivity contribution in [3.63, 3.8) is 0 Å². The molecule has 10 nitrogen and oxygen atoms in total. The molecular weight excluding hydrogens is 497 g/mol. The standard InChI is InChI=1S/C21H19BrFN7O3/c1-11-8-24-21(28-17-3-4-25-30(17)2)29-18(11)16-10-33-20(27-16)19(32)26-15(9-31)12-5-13(22)7-14(23)6-12/h3-8,10,15,31H,9H2,1-2H3,(H,26,32)(H,24,28,29)/t15-/m1/s1. The number of oxazole rings is 1. The minimum absolute atomic E-state index is 0.224. The number of nitrogens with zero attached hydrogens (tertiary/aromatic N) is 5. The molecule has 4 rings (SSSR count). The molecule has 0 radical (unpaired) electrons. The highest BCUT2D eigenvalue weighted by molar-refractivity contribution is 9.10. The summed E-state index contributed by atoms with van der Waals surface area (Å²) in [6.07, 6.45) is 4.58. The summed E-state index contributed by atoms with van der Waals surface area (Å²) in [6.45, 7) is 1.37. The maximum Gasteiger partial charge on any atom is 0.307 e. The highest BCUT2D eigenvalue weighted by Gasteiger charge is 2.21. The van der Waals surface area contributed by atoms with Gasteiger partial charge >= 0.3 is 5.91 Å². The third-order valence-electron chi connectivity index (χ3n) is 4.75. The van der Waals surface area contributed by atoms with Gasteiger partial charge in [-0.3, -0.25) is 9.48 Å². The number of amides is 1. The Hall–Kier alpha value is -3.64. The fourth-order valence-electron chi connectivity index (χ4n) is 3.09. The molecular formula is C21H19BrFN7O3. The molecule has 1 atom stereocenters. The number of halogens is 2. The Labute approximate surface area is 196 Å². The molecule has 1 amide bonds. The smallest absolute Gasteiger partial charge is 0.307 e. The Morgan fingerprint density at radius 2 is 2.15 bits per heavy atom. The Morgan fingerprint density at radius 1 is 1.33 bits per heavy atom. The number of carbonyl (C=O) groups is 1. The molecule has 0 saturated heterocycles. The van der Waals surface area contributed by atoms with E-state index in [0.29, 0.717) is 33.2 Å². The van der Waals surface area contributed by atoms with E-state index in [1.807, 2.05) is 0 Å². The molecule has 0 bridgehead atoms. The molecule has 0 aliphatic carbocycles. The van der Waals surface area contributed by atoms with Crippen LogP contribution in [-0.2, 0) is 7.05 Å². The second kappa shape index (κ2) is 9.46. The van der Waals surface area contributed by atoms with Gasteiger partial charge < -0.3 is 20.2 Å². The molecule has 170 valence electrons. The number of benzene rings is 1. The molecule has 0 aliphatic heterocycles. The number of hydrogen-bond donors (Lipinski definition) is 3. The lowest BCUT2D eigenvalue weighted by atomic mass is 10.1. The molecule has 0 spiro atoms. The zero-order valence-corrected chi connectivity index (χ0v) is 19.2. The van der Waals surface area contributed by atoms with Crippen molar-refractivity contribution < 1.29 is 18.7 Å². The fraction of sp³-hybridized carbons (Fsp3) is 0.190. The summed E-state index contributed by atoms with van der Waals surface area (Å²) in [5.41, 5.74) is 1.93. The number of hydrogen-bond acceptors (Lipinski definition) is 8. The van der Waals surface area contributed by atoms with Gasteiger partial charge in [-0.25, -0.2) is 19.3 Å². The molecule has 0 aliphatic rings. The Kier molecular flexibility index (Phi) is 6.47. The molecule has 0 fully saturated rings. The van der Waals surface area contributed by atoms with E-state index in [1.54, 1.807) is 43.2 Å². The van der Waals surface area contributed by atoms with Crippen molar-refractivity contribution in [3.8, 4) is 11.4 Å². The SMILES string of the molecule is Cc1cnc(Nc2ccnn2C)nc1-c1coc(C(=O)N[C@H](CO)c2cc(F)cc(Br)c2)n1. The van der Waals surface area contributed by atoms with Gasteiger partial charge in [-0.1, -0.05) is 15.9 Å². The number of aromatic nitrogens is 5. The lowest BCUT2D eigenvalue weighted by Gasteiger charge is -2.16. The van der Waals surface area contributed by atoms with Crippen molar-refractivity contribution in [1.29, 1.82) is 0 Å². The Morgan fingerprint density at radius 3 is 2.85 bits per heavy atom. The van der Waals surface area contributed by atoms with Gasteiger partial charge in [-0.05, 0) is 36.2 Å². The summed E-state index contributed by atoms with van der Waals surface area (Å²) in [5, 5.41) is 19.4. The second-order valence-electron chi connectivity index (χ2n) is 7.14. The van der Waals surface area contributed by atoms with Crippen molar-refractivity contribution in [3.05, 3.63) is 70.2 Å². The maximum atomic E-state index is 13.7. The predicted molar refractivity (Wildman–Crippen MR) is 120 cm³/mol. The zero-order chi connectivity index (χ0) is 23.5. The number of aliphatic hydroxyl groups is 1. The molecule has 4 aromatic rings. The van der Waals surface area contributed by atoms with Crippen molar-refractivity contribution in [2.45, 2.75) is 13.0 Å². The first kappa shape index (κ1) is 22.6. The molecule has 0 saturated carbocycles. The summed E-state index contributed by atoms with van der Waals surface area (Å²) >= 11 is 3.20. The van der Waals surface area contributed by atoms with Crippen LogP contribution in [0.25, 0.3) is 11.4 Å². The van der Waals surface area contributed by atoms with E-state index in [9.17, 15) is 14.3 Å². The number of aliphatic hydroxyl groups excluding tert-OH is 1. The van der Waals surface area contributed by atoms with Gasteiger partial charge in [0.25, 0.3) is 5.89 Å². The third-order valence-corrected chi connectivity index (χ3v) is 5.21. The van der Waals surface area contributed by atoms with Crippen LogP contribution in [0.2, 0.25) is 0 Å². The molecule has 3 heterocycles. The van der Waals surface area contributed by atoms with E-state index < -0.39 is 24.4 Å². The zero-order valence-electron chi connectivity index (χ0n) is 17.6. The van der Waals surface area contributed by atoms with Gasteiger partial charge in [0, 0.05) is 23.8 Å². The lowest BCUT2D eigenvalue weighted by Crippen LogP contribution is -2.31. The number of anilines is 2. The van der Waals surface area contributed by atoms with Crippen molar-refractivity contribution in [2.75, 3.05) is 11.9 Å². The highest BCUT2D eigenvalue weighted by Crippen LogP contribution is 2.24. The van der Waals surface area contributed by atoms with Crippen LogP contribution < -0.4 is 10.6 Å². The first-order chi connectivity index (χ1) is 15.8. The minimum atomic E-state index is -0.852. The normalized spacial score (nSPS) is 11.9. The van der Waals surface area contributed by atoms with E-state index in [4.69, 9.17) is 4.42 Å². The van der Waals surface area contributed by atoms with Gasteiger partial charge in [-0.15, -0.1) is 0 Å². The minimum Gasteiger partial charge on any atom is -0.440 e. The van der Waals surface area contributed by atoms with Crippen molar-refractivity contribution in [1.82, 2.24) is 30.0 Å². The average molecular weight is 516 g/mol. The summed E-state index contributed by atoms with van der Waals surface area (Å²) < 4.78 is 21.2. The van der Waals surface area contributed by atoms with Crippen LogP contribution in [0.5, 0.6) is 0 Å². The molecule has 0 unspecified atom stereocenters. The second-order valence-corrected chi connectivity index (χ2v) is 8.06. The van der Waals surface area contributed by atoms with Crippen LogP contribution in [0.3, 0.4) is 0 Å². The molecule has 3 N–H and O–H groups in total. The van der Waals surface area contributed by atoms with E-state index in [1.165, 1.54) is 18.4 Å². The third kappa shape index (κ3) is 5.07. The first-order valence-corrected chi connectivity index (χ1v) is 10.6. The monoisotopic (exact) mass is 515 g/mol. The molecule has 3 aromatic heterocycles. The van der Waals surface area contributed by atoms with Gasteiger partial charge in [0.1, 0.15) is 29.3 Å². The van der Waals surface area contributed by atoms with E-state index >= 15 is 0 Å². The van der Waals surface area contributed by atoms with Crippen LogP contribution >= 0.6 is 15.9 Å². The van der Waals surface area contributed by atoms with Crippen LogP contribution in [0, 0.1) is 12.7 Å². The number of aryl methyl sites for hydroxylation is 2. The summed E-state index contributed by atoms with van der Waals surface area (Å²) in [5.74, 6) is -0.367. The first-order valence-electron chi connectivity index (χ1n) is 9.76. The summed E-state index contributed by atoms with van der Waals surface area (Å²) in [7, 11) is 1.78. The topological polar surface area (TPSA) is 131 Å². The largest absolute Gasteiger partial charge is 0.440 e. The van der Waals surface area contributed by atoms with Gasteiger partial charge in [0.2, 0.25) is 5.95 Å². The van der Waals surface area contributed by atoms with Crippen LogP contribution in [0.15, 0.2) is 51.8 Å². The molecule has 1 aromatic carbocycles. The molecule has 12 heteroatoms. The van der Waals surface area contributed by atoms with E-state index in [0.717, 1.165) is 5.56 Å². The predicted octanol–water partition coefficient (Wildman–Crippen LogP) is 3.28. The average Bonchev–Trinajstić information content (AvgIpc) is 3.42. The van der Waals surface area contributed by atoms with Crippen LogP contribution in [0.4, 0.5) is 16.2 Å². The maximum absolute atomic E-state index is 13.7. The van der Waals surface area contributed by atoms with E-state index in [2.05, 4.69) is 46.6 Å². The number of rotatable bonds is 7. The van der Waals surface area contributed by atoms with Crippen LogP contribution in [-0.4, -0.2) is 42.4 Å². The van der Waals surface area contributed by atoms with Gasteiger partial charge in [0.15, 0.2) is 0 Å². The summed E-state index contributed by atoms with van der Waals surface area (Å²) in [6, 6.07) is 5.04. The Balaban J connectivity index is 1.54. The number of nitrogens with one attached hydrogen (secondary N) is 2. The van der Waals surface area contributed by atoms with Gasteiger partial charge in [-0.2, -0.15) is 5.10 Å². The lowest BCUT2D eigenvalue weighted by molar-refractivity contribution is 0.0881. The van der Waals surface area contributed by atoms with Gasteiger partial charge in [0.05, 0.1) is 18.8 Å². The quantitative estimate of drug-likeness (QED) is 0.341. The van der Waals surface area contributed by atoms with E-state index in [-0.39, 0.29) is 5.89 Å². The fourth-order valence-corrected chi connectivity index (χ4v) is 3.57.